The van der Waals surface area contributed by atoms with E-state index in [1.54, 1.807) is 13.1 Å². The minimum Gasteiger partial charge on any atom is -0.379 e. The van der Waals surface area contributed by atoms with E-state index in [-0.39, 0.29) is 5.52 Å². The summed E-state index contributed by atoms with van der Waals surface area (Å²) in [6, 6.07) is 6.33. The predicted molar refractivity (Wildman–Crippen MR) is 105 cm³/mol. The minimum absolute atomic E-state index is 0.0308. The van der Waals surface area contributed by atoms with Gasteiger partial charge in [-0.3, -0.25) is 0 Å². The maximum Gasteiger partial charge on any atom is 0.225 e. The van der Waals surface area contributed by atoms with E-state index in [1.807, 2.05) is 12.1 Å². The number of nitrogens with zero attached hydrogens (tertiary/aromatic N) is 5. The second-order valence-corrected chi connectivity index (χ2v) is 7.06. The van der Waals surface area contributed by atoms with Crippen molar-refractivity contribution in [3.63, 3.8) is 0 Å². The monoisotopic (exact) mass is 384 g/mol. The van der Waals surface area contributed by atoms with Gasteiger partial charge in [-0.05, 0) is 38.2 Å². The number of anilines is 2. The molecule has 1 aliphatic rings. The summed E-state index contributed by atoms with van der Waals surface area (Å²) in [5, 5.41) is 3.82. The number of hydrogen-bond donors (Lipinski definition) is 1. The van der Waals surface area contributed by atoms with Gasteiger partial charge in [-0.2, -0.15) is 0 Å². The number of aryl methyl sites for hydroxylation is 1. The Kier molecular flexibility index (Phi) is 5.04. The van der Waals surface area contributed by atoms with Crippen LogP contribution in [0.3, 0.4) is 0 Å². The molecule has 146 valence electrons. The van der Waals surface area contributed by atoms with Gasteiger partial charge in [0.05, 0.1) is 12.2 Å². The summed E-state index contributed by atoms with van der Waals surface area (Å²) in [7, 11) is 2.11. The lowest BCUT2D eigenvalue weighted by molar-refractivity contribution is 0.311. The number of hydrogen-bond acceptors (Lipinski definition) is 6. The van der Waals surface area contributed by atoms with E-state index in [4.69, 9.17) is 0 Å². The van der Waals surface area contributed by atoms with Crippen LogP contribution in [0, 0.1) is 18.6 Å². The zero-order valence-electron chi connectivity index (χ0n) is 15.9. The highest BCUT2D eigenvalue weighted by atomic mass is 19.2. The molecule has 0 unspecified atom stereocenters. The largest absolute Gasteiger partial charge is 0.379 e. The van der Waals surface area contributed by atoms with Crippen LogP contribution in [0.2, 0.25) is 0 Å². The van der Waals surface area contributed by atoms with E-state index in [0.717, 1.165) is 43.9 Å². The SMILES string of the molecule is Cc1cc(NCc2ccnc(N3CCN(C)CC3)n2)c2ccc(F)c(F)c2n1. The van der Waals surface area contributed by atoms with Crippen LogP contribution in [0.4, 0.5) is 20.4 Å². The second-order valence-electron chi connectivity index (χ2n) is 7.06. The lowest BCUT2D eigenvalue weighted by Gasteiger charge is -2.32. The molecule has 1 aliphatic heterocycles. The molecule has 0 spiro atoms. The Labute approximate surface area is 162 Å². The first-order chi connectivity index (χ1) is 13.5. The maximum absolute atomic E-state index is 14.1. The number of rotatable bonds is 4. The standard InChI is InChI=1S/C20H22F2N6/c1-13-11-17(15-3-4-16(21)18(22)19(15)25-13)24-12-14-5-6-23-20(26-14)28-9-7-27(2)8-10-28/h3-6,11H,7-10,12H2,1-2H3,(H,24,25). The van der Waals surface area contributed by atoms with Gasteiger partial charge in [-0.1, -0.05) is 0 Å². The molecular formula is C20H22F2N6. The van der Waals surface area contributed by atoms with Gasteiger partial charge in [0.15, 0.2) is 11.6 Å². The Bertz CT molecular complexity index is 1000. The van der Waals surface area contributed by atoms with Crippen LogP contribution in [-0.4, -0.2) is 53.1 Å². The molecule has 1 N–H and O–H groups in total. The molecule has 0 atom stereocenters. The fourth-order valence-electron chi connectivity index (χ4n) is 3.34. The Balaban J connectivity index is 1.55. The van der Waals surface area contributed by atoms with Gasteiger partial charge in [0, 0.05) is 49.1 Å². The van der Waals surface area contributed by atoms with Crippen molar-refractivity contribution in [1.82, 2.24) is 19.9 Å². The summed E-state index contributed by atoms with van der Waals surface area (Å²) in [5.74, 6) is -1.11. The molecule has 0 aliphatic carbocycles. The number of fused-ring (bicyclic) bond motifs is 1. The lowest BCUT2D eigenvalue weighted by Crippen LogP contribution is -2.45. The summed E-state index contributed by atoms with van der Waals surface area (Å²) in [5.41, 5.74) is 2.17. The van der Waals surface area contributed by atoms with Crippen LogP contribution in [-0.2, 0) is 6.54 Å². The molecule has 0 amide bonds. The number of piperazine rings is 1. The normalized spacial score (nSPS) is 15.2. The van der Waals surface area contributed by atoms with Gasteiger partial charge in [-0.15, -0.1) is 0 Å². The number of likely N-dealkylation sites (N-methyl/N-ethyl adjacent to an activating group) is 1. The average molecular weight is 384 g/mol. The molecule has 28 heavy (non-hydrogen) atoms. The highest BCUT2D eigenvalue weighted by molar-refractivity contribution is 5.91. The third-order valence-electron chi connectivity index (χ3n) is 4.95. The highest BCUT2D eigenvalue weighted by Crippen LogP contribution is 2.27. The van der Waals surface area contributed by atoms with Crippen LogP contribution < -0.4 is 10.2 Å². The number of aromatic nitrogens is 3. The van der Waals surface area contributed by atoms with Gasteiger partial charge in [0.1, 0.15) is 5.52 Å². The maximum atomic E-state index is 14.1. The zero-order valence-corrected chi connectivity index (χ0v) is 15.9. The number of halogens is 2. The summed E-state index contributed by atoms with van der Waals surface area (Å²) < 4.78 is 27.7. The summed E-state index contributed by atoms with van der Waals surface area (Å²) in [6.07, 6.45) is 1.75. The van der Waals surface area contributed by atoms with Crippen molar-refractivity contribution >= 4 is 22.5 Å². The second kappa shape index (κ2) is 7.63. The van der Waals surface area contributed by atoms with Gasteiger partial charge < -0.3 is 15.1 Å². The van der Waals surface area contributed by atoms with Gasteiger partial charge >= 0.3 is 0 Å². The quantitative estimate of drug-likeness (QED) is 0.746. The van der Waals surface area contributed by atoms with Crippen LogP contribution in [0.1, 0.15) is 11.4 Å². The highest BCUT2D eigenvalue weighted by Gasteiger charge is 2.17. The van der Waals surface area contributed by atoms with Gasteiger partial charge in [0.25, 0.3) is 0 Å². The molecule has 4 rings (SSSR count). The Morgan fingerprint density at radius 3 is 2.64 bits per heavy atom. The van der Waals surface area contributed by atoms with Crippen molar-refractivity contribution in [2.45, 2.75) is 13.5 Å². The van der Waals surface area contributed by atoms with Crippen LogP contribution in [0.15, 0.2) is 30.5 Å². The van der Waals surface area contributed by atoms with E-state index in [0.29, 0.717) is 23.3 Å². The van der Waals surface area contributed by atoms with Crippen molar-refractivity contribution in [1.29, 1.82) is 0 Å². The van der Waals surface area contributed by atoms with Crippen molar-refractivity contribution in [2.24, 2.45) is 0 Å². The molecule has 1 aromatic carbocycles. The zero-order chi connectivity index (χ0) is 19.7. The first kappa shape index (κ1) is 18.5. The molecule has 1 saturated heterocycles. The summed E-state index contributed by atoms with van der Waals surface area (Å²) in [4.78, 5) is 17.6. The van der Waals surface area contributed by atoms with Crippen LogP contribution in [0.25, 0.3) is 10.9 Å². The molecule has 0 bridgehead atoms. The van der Waals surface area contributed by atoms with Crippen molar-refractivity contribution in [2.75, 3.05) is 43.4 Å². The van der Waals surface area contributed by atoms with Gasteiger partial charge in [-0.25, -0.2) is 23.7 Å². The van der Waals surface area contributed by atoms with Crippen LogP contribution >= 0.6 is 0 Å². The van der Waals surface area contributed by atoms with Crippen molar-refractivity contribution < 1.29 is 8.78 Å². The van der Waals surface area contributed by atoms with E-state index < -0.39 is 11.6 Å². The molecule has 1 fully saturated rings. The summed E-state index contributed by atoms with van der Waals surface area (Å²) >= 11 is 0. The summed E-state index contributed by atoms with van der Waals surface area (Å²) in [6.45, 7) is 5.96. The van der Waals surface area contributed by atoms with Crippen molar-refractivity contribution in [3.8, 4) is 0 Å². The molecule has 8 heteroatoms. The van der Waals surface area contributed by atoms with Gasteiger partial charge in [0.2, 0.25) is 5.95 Å². The number of nitrogens with one attached hydrogen (secondary N) is 1. The lowest BCUT2D eigenvalue weighted by atomic mass is 10.1. The molecule has 0 radical (unpaired) electrons. The first-order valence-electron chi connectivity index (χ1n) is 9.26. The van der Waals surface area contributed by atoms with E-state index >= 15 is 0 Å². The van der Waals surface area contributed by atoms with Crippen molar-refractivity contribution in [3.05, 3.63) is 53.5 Å². The minimum atomic E-state index is -0.927. The smallest absolute Gasteiger partial charge is 0.225 e. The molecule has 6 nitrogen and oxygen atoms in total. The predicted octanol–water partition coefficient (Wildman–Crippen LogP) is 2.98. The topological polar surface area (TPSA) is 57.2 Å². The number of pyridine rings is 1. The van der Waals surface area contributed by atoms with E-state index in [2.05, 4.69) is 37.1 Å². The fraction of sp³-hybridized carbons (Fsp3) is 0.350. The fourth-order valence-corrected chi connectivity index (χ4v) is 3.34. The first-order valence-corrected chi connectivity index (χ1v) is 9.26. The Morgan fingerprint density at radius 2 is 1.86 bits per heavy atom. The Hall–Kier alpha value is -2.87. The molecular weight excluding hydrogens is 362 g/mol. The third-order valence-corrected chi connectivity index (χ3v) is 4.95. The Morgan fingerprint density at radius 1 is 1.07 bits per heavy atom. The molecule has 2 aromatic heterocycles. The molecule has 3 heterocycles. The van der Waals surface area contributed by atoms with E-state index in [9.17, 15) is 8.78 Å². The molecule has 0 saturated carbocycles. The third kappa shape index (κ3) is 3.73. The van der Waals surface area contributed by atoms with Crippen LogP contribution in [0.5, 0.6) is 0 Å². The molecule has 3 aromatic rings. The number of benzene rings is 1. The van der Waals surface area contributed by atoms with E-state index in [1.165, 1.54) is 6.07 Å². The average Bonchev–Trinajstić information content (AvgIpc) is 2.70.